The van der Waals surface area contributed by atoms with Crippen LogP contribution < -0.4 is 20.3 Å². The molecule has 0 atom stereocenters. The summed E-state index contributed by atoms with van der Waals surface area (Å²) in [7, 11) is 0. The van der Waals surface area contributed by atoms with Gasteiger partial charge in [0.05, 0.1) is 14.6 Å². The van der Waals surface area contributed by atoms with Crippen molar-refractivity contribution in [3.05, 3.63) is 92.6 Å². The van der Waals surface area contributed by atoms with Crippen LogP contribution in [0.5, 0.6) is 5.75 Å². The first-order valence-electron chi connectivity index (χ1n) is 10.4. The number of halogens is 3. The summed E-state index contributed by atoms with van der Waals surface area (Å²) in [6.07, 6.45) is 1.31. The van der Waals surface area contributed by atoms with Crippen LogP contribution in [0.15, 0.2) is 81.2 Å². The number of nitrogens with zero attached hydrogens (tertiary/aromatic N) is 1. The minimum Gasteiger partial charge on any atom is -0.481 e. The SMILES string of the molecule is O=C(COc1c(Br)cc(/C=C2\C(=O)NC(=O)N(c3ccc(F)cc3)C2=O)cc1Br)Nc1ccccc1. The number of nitrogens with one attached hydrogen (secondary N) is 2. The molecule has 3 aromatic carbocycles. The number of rotatable bonds is 6. The van der Waals surface area contributed by atoms with Gasteiger partial charge in [-0.2, -0.15) is 0 Å². The molecule has 0 aliphatic carbocycles. The maximum Gasteiger partial charge on any atom is 0.335 e. The van der Waals surface area contributed by atoms with Gasteiger partial charge in [-0.1, -0.05) is 18.2 Å². The average Bonchev–Trinajstić information content (AvgIpc) is 2.83. The van der Waals surface area contributed by atoms with Gasteiger partial charge in [-0.25, -0.2) is 14.1 Å². The first kappa shape index (κ1) is 25.3. The van der Waals surface area contributed by atoms with Crippen LogP contribution in [0.2, 0.25) is 0 Å². The monoisotopic (exact) mass is 615 g/mol. The molecule has 36 heavy (non-hydrogen) atoms. The van der Waals surface area contributed by atoms with Crippen molar-refractivity contribution in [2.75, 3.05) is 16.8 Å². The zero-order chi connectivity index (χ0) is 25.8. The number of hydrogen-bond donors (Lipinski definition) is 2. The summed E-state index contributed by atoms with van der Waals surface area (Å²) < 4.78 is 19.8. The van der Waals surface area contributed by atoms with E-state index < -0.39 is 23.7 Å². The Bertz CT molecular complexity index is 1370. The van der Waals surface area contributed by atoms with Crippen molar-refractivity contribution >= 4 is 73.1 Å². The molecule has 0 unspecified atom stereocenters. The fourth-order valence-corrected chi connectivity index (χ4v) is 4.76. The minimum absolute atomic E-state index is 0.109. The summed E-state index contributed by atoms with van der Waals surface area (Å²) in [6, 6.07) is 15.9. The molecular weight excluding hydrogens is 601 g/mol. The molecule has 4 rings (SSSR count). The topological polar surface area (TPSA) is 105 Å². The summed E-state index contributed by atoms with van der Waals surface area (Å²) >= 11 is 6.75. The highest BCUT2D eigenvalue weighted by Crippen LogP contribution is 2.36. The van der Waals surface area contributed by atoms with Crippen molar-refractivity contribution in [3.63, 3.8) is 0 Å². The number of urea groups is 1. The molecule has 1 heterocycles. The van der Waals surface area contributed by atoms with E-state index in [-0.39, 0.29) is 23.8 Å². The molecule has 11 heteroatoms. The zero-order valence-electron chi connectivity index (χ0n) is 18.3. The molecule has 0 bridgehead atoms. The standard InChI is InChI=1S/C25H16Br2FN3O5/c26-19-11-14(12-20(27)22(19)36-13-21(32)29-16-4-2-1-3-5-16)10-18-23(33)30-25(35)31(24(18)34)17-8-6-15(28)7-9-17/h1-12H,13H2,(H,29,32)(H,30,33,35)/b18-10+. The Morgan fingerprint density at radius 2 is 1.64 bits per heavy atom. The molecule has 5 amide bonds. The van der Waals surface area contributed by atoms with Gasteiger partial charge in [0.1, 0.15) is 17.1 Å². The summed E-state index contributed by atoms with van der Waals surface area (Å²) in [5, 5.41) is 4.82. The predicted octanol–water partition coefficient (Wildman–Crippen LogP) is 5.03. The fraction of sp³-hybridized carbons (Fsp3) is 0.0400. The third-order valence-electron chi connectivity index (χ3n) is 4.92. The maximum atomic E-state index is 13.3. The molecule has 1 aliphatic heterocycles. The lowest BCUT2D eigenvalue weighted by atomic mass is 10.1. The van der Waals surface area contributed by atoms with Crippen molar-refractivity contribution in [2.45, 2.75) is 0 Å². The number of para-hydroxylation sites is 1. The van der Waals surface area contributed by atoms with Gasteiger partial charge >= 0.3 is 6.03 Å². The molecule has 3 aromatic rings. The fourth-order valence-electron chi connectivity index (χ4n) is 3.31. The van der Waals surface area contributed by atoms with Crippen LogP contribution in [-0.4, -0.2) is 30.4 Å². The minimum atomic E-state index is -0.936. The van der Waals surface area contributed by atoms with Gasteiger partial charge in [0.2, 0.25) is 0 Å². The van der Waals surface area contributed by atoms with Crippen LogP contribution in [0.1, 0.15) is 5.56 Å². The van der Waals surface area contributed by atoms with Gasteiger partial charge in [0, 0.05) is 5.69 Å². The zero-order valence-corrected chi connectivity index (χ0v) is 21.4. The number of imide groups is 2. The van der Waals surface area contributed by atoms with E-state index in [0.717, 1.165) is 17.0 Å². The molecule has 8 nitrogen and oxygen atoms in total. The Labute approximate surface area is 221 Å². The quantitative estimate of drug-likeness (QED) is 0.298. The van der Waals surface area contributed by atoms with Crippen LogP contribution in [0.4, 0.5) is 20.6 Å². The second-order valence-corrected chi connectivity index (χ2v) is 9.16. The molecule has 0 aromatic heterocycles. The van der Waals surface area contributed by atoms with Crippen molar-refractivity contribution in [1.82, 2.24) is 5.32 Å². The highest BCUT2D eigenvalue weighted by atomic mass is 79.9. The van der Waals surface area contributed by atoms with E-state index in [1.165, 1.54) is 18.2 Å². The largest absolute Gasteiger partial charge is 0.481 e. The lowest BCUT2D eigenvalue weighted by Gasteiger charge is -2.26. The van der Waals surface area contributed by atoms with Crippen molar-refractivity contribution in [2.24, 2.45) is 0 Å². The van der Waals surface area contributed by atoms with Gasteiger partial charge in [-0.05, 0) is 92.0 Å². The molecule has 1 aliphatic rings. The number of amides is 5. The number of barbiturate groups is 1. The first-order valence-corrected chi connectivity index (χ1v) is 12.0. The second kappa shape index (κ2) is 10.8. The van der Waals surface area contributed by atoms with Gasteiger partial charge in [0.25, 0.3) is 17.7 Å². The summed E-state index contributed by atoms with van der Waals surface area (Å²) in [4.78, 5) is 50.6. The van der Waals surface area contributed by atoms with Gasteiger partial charge in [-0.3, -0.25) is 19.7 Å². The predicted molar refractivity (Wildman–Crippen MR) is 138 cm³/mol. The van der Waals surface area contributed by atoms with Gasteiger partial charge in [-0.15, -0.1) is 0 Å². The molecule has 0 saturated carbocycles. The number of carbonyl (C=O) groups is 4. The normalized spacial score (nSPS) is 14.6. The first-order chi connectivity index (χ1) is 17.2. The summed E-state index contributed by atoms with van der Waals surface area (Å²) in [5.74, 6) is -2.29. The number of anilines is 2. The van der Waals surface area contributed by atoms with E-state index in [4.69, 9.17) is 4.74 Å². The molecule has 2 N–H and O–H groups in total. The highest BCUT2D eigenvalue weighted by molar-refractivity contribution is 9.11. The van der Waals surface area contributed by atoms with Crippen molar-refractivity contribution < 1.29 is 28.3 Å². The van der Waals surface area contributed by atoms with E-state index in [9.17, 15) is 23.6 Å². The Balaban J connectivity index is 1.53. The van der Waals surface area contributed by atoms with E-state index in [1.54, 1.807) is 36.4 Å². The van der Waals surface area contributed by atoms with Crippen molar-refractivity contribution in [1.29, 1.82) is 0 Å². The smallest absolute Gasteiger partial charge is 0.335 e. The van der Waals surface area contributed by atoms with E-state index in [0.29, 0.717) is 25.9 Å². The lowest BCUT2D eigenvalue weighted by Crippen LogP contribution is -2.54. The second-order valence-electron chi connectivity index (χ2n) is 7.45. The van der Waals surface area contributed by atoms with Crippen LogP contribution in [0.25, 0.3) is 6.08 Å². The Kier molecular flexibility index (Phi) is 7.61. The Morgan fingerprint density at radius 3 is 2.28 bits per heavy atom. The molecule has 1 fully saturated rings. The van der Waals surface area contributed by atoms with E-state index in [1.807, 2.05) is 6.07 Å². The Hall–Kier alpha value is -3.83. The number of benzene rings is 3. The van der Waals surface area contributed by atoms with E-state index >= 15 is 0 Å². The molecule has 182 valence electrons. The van der Waals surface area contributed by atoms with Crippen LogP contribution in [0.3, 0.4) is 0 Å². The van der Waals surface area contributed by atoms with E-state index in [2.05, 4.69) is 42.5 Å². The summed E-state index contributed by atoms with van der Waals surface area (Å²) in [6.45, 7) is -0.262. The third-order valence-corrected chi connectivity index (χ3v) is 6.10. The van der Waals surface area contributed by atoms with Crippen LogP contribution in [-0.2, 0) is 14.4 Å². The molecule has 0 spiro atoms. The summed E-state index contributed by atoms with van der Waals surface area (Å²) in [5.41, 5.74) is 0.877. The van der Waals surface area contributed by atoms with Crippen molar-refractivity contribution in [3.8, 4) is 5.75 Å². The Morgan fingerprint density at radius 1 is 1.00 bits per heavy atom. The molecule has 1 saturated heterocycles. The third kappa shape index (κ3) is 5.69. The van der Waals surface area contributed by atoms with Gasteiger partial charge in [0.15, 0.2) is 6.61 Å². The number of carbonyl (C=O) groups excluding carboxylic acids is 4. The number of hydrogen-bond acceptors (Lipinski definition) is 5. The molecular formula is C25H16Br2FN3O5. The highest BCUT2D eigenvalue weighted by Gasteiger charge is 2.36. The maximum absolute atomic E-state index is 13.3. The number of ether oxygens (including phenoxy) is 1. The lowest BCUT2D eigenvalue weighted by molar-refractivity contribution is -0.122. The van der Waals surface area contributed by atoms with Gasteiger partial charge < -0.3 is 10.1 Å². The average molecular weight is 617 g/mol. The van der Waals surface area contributed by atoms with Crippen LogP contribution in [0, 0.1) is 5.82 Å². The molecule has 0 radical (unpaired) electrons. The van der Waals surface area contributed by atoms with Crippen LogP contribution >= 0.6 is 31.9 Å².